The minimum Gasteiger partial charge on any atom is -0.486 e. The molecule has 4 heterocycles. The third-order valence-electron chi connectivity index (χ3n) is 6.36. The average Bonchev–Trinajstić information content (AvgIpc) is 3.50. The molecular formula is C25H22N4O5S. The summed E-state index contributed by atoms with van der Waals surface area (Å²) in [6.45, 7) is 1.26. The van der Waals surface area contributed by atoms with Crippen molar-refractivity contribution in [2.75, 3.05) is 35.3 Å². The van der Waals surface area contributed by atoms with E-state index in [1.807, 2.05) is 29.6 Å². The highest BCUT2D eigenvalue weighted by molar-refractivity contribution is 7.14. The molecule has 178 valence electrons. The molecule has 1 aromatic heterocycles. The summed E-state index contributed by atoms with van der Waals surface area (Å²) in [6.07, 6.45) is 1.30. The summed E-state index contributed by atoms with van der Waals surface area (Å²) in [5.74, 6) is 0.478. The van der Waals surface area contributed by atoms with Crippen molar-refractivity contribution < 1.29 is 23.9 Å². The van der Waals surface area contributed by atoms with Crippen LogP contribution in [0.25, 0.3) is 11.3 Å². The number of carbonyl (C=O) groups excluding carboxylic acids is 3. The van der Waals surface area contributed by atoms with Crippen LogP contribution in [-0.2, 0) is 20.8 Å². The zero-order chi connectivity index (χ0) is 23.9. The number of benzene rings is 2. The van der Waals surface area contributed by atoms with Gasteiger partial charge in [-0.2, -0.15) is 0 Å². The maximum Gasteiger partial charge on any atom is 0.231 e. The molecule has 1 atom stereocenters. The first-order chi connectivity index (χ1) is 17.0. The minimum atomic E-state index is -0.476. The molecule has 1 saturated heterocycles. The molecule has 0 spiro atoms. The fourth-order valence-electron chi connectivity index (χ4n) is 4.55. The topological polar surface area (TPSA) is 110 Å². The standard InChI is InChI=1S/C25H22N4O5S/c30-22-6-2-14-9-15(1-4-18(14)26-22)19-13-35-25(27-19)28-24(32)16-10-23(31)29(12-16)17-3-5-20-21(11-17)34-8-7-33-20/h1,3-5,9,11,13,16H,2,6-8,10,12H2,(H,26,30)(H,27,28,32). The highest BCUT2D eigenvalue weighted by Crippen LogP contribution is 2.36. The number of nitrogens with one attached hydrogen (secondary N) is 2. The number of hydrogen-bond donors (Lipinski definition) is 2. The van der Waals surface area contributed by atoms with Crippen LogP contribution >= 0.6 is 11.3 Å². The first kappa shape index (κ1) is 21.6. The van der Waals surface area contributed by atoms with E-state index in [0.717, 1.165) is 22.5 Å². The van der Waals surface area contributed by atoms with Gasteiger partial charge in [-0.05, 0) is 36.2 Å². The Morgan fingerprint density at radius 2 is 1.94 bits per heavy atom. The largest absolute Gasteiger partial charge is 0.486 e. The van der Waals surface area contributed by atoms with Crippen molar-refractivity contribution in [2.24, 2.45) is 5.92 Å². The van der Waals surface area contributed by atoms with Crippen LogP contribution in [0.15, 0.2) is 41.8 Å². The average molecular weight is 491 g/mol. The summed E-state index contributed by atoms with van der Waals surface area (Å²) >= 11 is 1.34. The Balaban J connectivity index is 1.13. The third kappa shape index (κ3) is 4.21. The van der Waals surface area contributed by atoms with E-state index in [2.05, 4.69) is 15.6 Å². The van der Waals surface area contributed by atoms with Crippen molar-refractivity contribution >= 4 is 45.6 Å². The smallest absolute Gasteiger partial charge is 0.231 e. The van der Waals surface area contributed by atoms with Crippen LogP contribution in [0.4, 0.5) is 16.5 Å². The van der Waals surface area contributed by atoms with Gasteiger partial charge in [0.25, 0.3) is 0 Å². The van der Waals surface area contributed by atoms with Crippen LogP contribution in [0.1, 0.15) is 18.4 Å². The van der Waals surface area contributed by atoms with Gasteiger partial charge in [0.2, 0.25) is 17.7 Å². The van der Waals surface area contributed by atoms with Gasteiger partial charge in [-0.3, -0.25) is 14.4 Å². The summed E-state index contributed by atoms with van der Waals surface area (Å²) in [5, 5.41) is 8.13. The van der Waals surface area contributed by atoms with Crippen molar-refractivity contribution in [3.8, 4) is 22.8 Å². The van der Waals surface area contributed by atoms with Crippen molar-refractivity contribution in [1.29, 1.82) is 0 Å². The molecule has 2 N–H and O–H groups in total. The third-order valence-corrected chi connectivity index (χ3v) is 7.12. The van der Waals surface area contributed by atoms with Gasteiger partial charge in [0, 0.05) is 47.8 Å². The van der Waals surface area contributed by atoms with Crippen LogP contribution < -0.4 is 25.0 Å². The molecule has 2 aromatic carbocycles. The Bertz CT molecular complexity index is 1350. The highest BCUT2D eigenvalue weighted by Gasteiger charge is 2.36. The van der Waals surface area contributed by atoms with Gasteiger partial charge < -0.3 is 25.0 Å². The second-order valence-corrected chi connectivity index (χ2v) is 9.54. The lowest BCUT2D eigenvalue weighted by Gasteiger charge is -2.22. The number of fused-ring (bicyclic) bond motifs is 2. The van der Waals surface area contributed by atoms with Crippen LogP contribution in [0.3, 0.4) is 0 Å². The van der Waals surface area contributed by atoms with Crippen LogP contribution in [0, 0.1) is 5.92 Å². The SMILES string of the molecule is O=C1CCc2cc(-c3csc(NC(=O)C4CC(=O)N(c5ccc6c(c5)OCCO6)C4)n3)ccc2N1. The Morgan fingerprint density at radius 1 is 1.09 bits per heavy atom. The molecule has 1 fully saturated rings. The quantitative estimate of drug-likeness (QED) is 0.580. The lowest BCUT2D eigenvalue weighted by molar-refractivity contribution is -0.122. The Morgan fingerprint density at radius 3 is 2.83 bits per heavy atom. The second-order valence-electron chi connectivity index (χ2n) is 8.68. The molecule has 3 amide bonds. The summed E-state index contributed by atoms with van der Waals surface area (Å²) in [5.41, 5.74) is 4.28. The Hall–Kier alpha value is -3.92. The number of aryl methyl sites for hydroxylation is 1. The number of ether oxygens (including phenoxy) is 2. The van der Waals surface area contributed by atoms with Crippen molar-refractivity contribution in [2.45, 2.75) is 19.3 Å². The van der Waals surface area contributed by atoms with Crippen molar-refractivity contribution in [1.82, 2.24) is 4.98 Å². The molecule has 0 aliphatic carbocycles. The van der Waals surface area contributed by atoms with E-state index >= 15 is 0 Å². The van der Waals surface area contributed by atoms with Gasteiger partial charge in [0.05, 0.1) is 11.6 Å². The van der Waals surface area contributed by atoms with Gasteiger partial charge in [0.15, 0.2) is 16.6 Å². The highest BCUT2D eigenvalue weighted by atomic mass is 32.1. The number of rotatable bonds is 4. The zero-order valence-corrected chi connectivity index (χ0v) is 19.5. The van der Waals surface area contributed by atoms with Gasteiger partial charge in [-0.25, -0.2) is 4.98 Å². The summed E-state index contributed by atoms with van der Waals surface area (Å²) in [6, 6.07) is 11.2. The van der Waals surface area contributed by atoms with E-state index in [9.17, 15) is 14.4 Å². The van der Waals surface area contributed by atoms with Gasteiger partial charge >= 0.3 is 0 Å². The van der Waals surface area contributed by atoms with Gasteiger partial charge in [0.1, 0.15) is 13.2 Å². The number of hydrogen-bond acceptors (Lipinski definition) is 7. The number of aromatic nitrogens is 1. The second kappa shape index (κ2) is 8.70. The summed E-state index contributed by atoms with van der Waals surface area (Å²) in [7, 11) is 0. The zero-order valence-electron chi connectivity index (χ0n) is 18.7. The monoisotopic (exact) mass is 490 g/mol. The maximum atomic E-state index is 12.9. The van der Waals surface area contributed by atoms with Crippen molar-refractivity contribution in [3.05, 3.63) is 47.3 Å². The molecule has 1 unspecified atom stereocenters. The van der Waals surface area contributed by atoms with E-state index in [0.29, 0.717) is 54.9 Å². The molecule has 6 rings (SSSR count). The van der Waals surface area contributed by atoms with Crippen LogP contribution in [0.2, 0.25) is 0 Å². The predicted molar refractivity (Wildman–Crippen MR) is 131 cm³/mol. The van der Waals surface area contributed by atoms with Gasteiger partial charge in [-0.1, -0.05) is 6.07 Å². The minimum absolute atomic E-state index is 0.0295. The number of carbonyl (C=O) groups is 3. The van der Waals surface area contributed by atoms with Crippen molar-refractivity contribution in [3.63, 3.8) is 0 Å². The maximum absolute atomic E-state index is 12.9. The first-order valence-corrected chi connectivity index (χ1v) is 12.3. The van der Waals surface area contributed by atoms with E-state index < -0.39 is 5.92 Å². The molecule has 0 saturated carbocycles. The first-order valence-electron chi connectivity index (χ1n) is 11.4. The number of anilines is 3. The molecule has 10 heteroatoms. The molecule has 0 radical (unpaired) electrons. The van der Waals surface area contributed by atoms with E-state index in [-0.39, 0.29) is 24.1 Å². The molecular weight excluding hydrogens is 468 g/mol. The molecule has 9 nitrogen and oxygen atoms in total. The summed E-state index contributed by atoms with van der Waals surface area (Å²) < 4.78 is 11.2. The normalized spacial score (nSPS) is 18.7. The van der Waals surface area contributed by atoms with E-state index in [1.165, 1.54) is 11.3 Å². The number of nitrogens with zero attached hydrogens (tertiary/aromatic N) is 2. The lowest BCUT2D eigenvalue weighted by atomic mass is 9.99. The fourth-order valence-corrected chi connectivity index (χ4v) is 5.27. The fraction of sp³-hybridized carbons (Fsp3) is 0.280. The van der Waals surface area contributed by atoms with Gasteiger partial charge in [-0.15, -0.1) is 11.3 Å². The lowest BCUT2D eigenvalue weighted by Crippen LogP contribution is -2.28. The number of thiazole rings is 1. The molecule has 35 heavy (non-hydrogen) atoms. The predicted octanol–water partition coefficient (Wildman–Crippen LogP) is 3.46. The van der Waals surface area contributed by atoms with E-state index in [4.69, 9.17) is 9.47 Å². The number of amides is 3. The van der Waals surface area contributed by atoms with Crippen LogP contribution in [-0.4, -0.2) is 42.5 Å². The molecule has 3 aliphatic rings. The Kier molecular flexibility index (Phi) is 5.37. The molecule has 3 aliphatic heterocycles. The summed E-state index contributed by atoms with van der Waals surface area (Å²) in [4.78, 5) is 43.4. The molecule has 0 bridgehead atoms. The Labute approximate surface area is 205 Å². The van der Waals surface area contributed by atoms with Crippen LogP contribution in [0.5, 0.6) is 11.5 Å². The van der Waals surface area contributed by atoms with E-state index in [1.54, 1.807) is 17.0 Å². The molecule has 3 aromatic rings.